The first-order valence-corrected chi connectivity index (χ1v) is 12.7. The summed E-state index contributed by atoms with van der Waals surface area (Å²) >= 11 is 0.889. The van der Waals surface area contributed by atoms with Crippen molar-refractivity contribution in [2.24, 2.45) is 0 Å². The quantitative estimate of drug-likeness (QED) is 0.304. The number of halogens is 1. The second-order valence-corrected chi connectivity index (χ2v) is 9.54. The van der Waals surface area contributed by atoms with Gasteiger partial charge in [-0.1, -0.05) is 17.7 Å². The van der Waals surface area contributed by atoms with E-state index in [4.69, 9.17) is 9.47 Å². The van der Waals surface area contributed by atoms with Crippen molar-refractivity contribution in [1.82, 2.24) is 14.8 Å². The fraction of sp³-hybridized carbons (Fsp3) is 0.348. The van der Waals surface area contributed by atoms with Gasteiger partial charge >= 0.3 is 5.97 Å². The Morgan fingerprint density at radius 3 is 2.76 bits per heavy atom. The molecule has 180 valence electrons. The zero-order valence-electron chi connectivity index (χ0n) is 18.8. The highest BCUT2D eigenvalue weighted by molar-refractivity contribution is 9.10. The fourth-order valence-electron chi connectivity index (χ4n) is 4.00. The van der Waals surface area contributed by atoms with Gasteiger partial charge in [0, 0.05) is 22.5 Å². The molecule has 2 aromatic heterocycles. The van der Waals surface area contributed by atoms with Crippen LogP contribution in [0, 0.1) is 6.92 Å². The number of anilines is 1. The average Bonchev–Trinajstić information content (AvgIpc) is 3.20. The Hall–Kier alpha value is -2.76. The van der Waals surface area contributed by atoms with Crippen molar-refractivity contribution in [3.8, 4) is 11.6 Å². The Morgan fingerprint density at radius 1 is 1.32 bits per heavy atom. The van der Waals surface area contributed by atoms with Crippen LogP contribution in [0.25, 0.3) is 0 Å². The van der Waals surface area contributed by atoms with Crippen molar-refractivity contribution < 1.29 is 23.0 Å². The zero-order chi connectivity index (χ0) is 24.2. The van der Waals surface area contributed by atoms with E-state index in [2.05, 4.69) is 26.0 Å². The van der Waals surface area contributed by atoms with E-state index in [1.807, 2.05) is 31.2 Å². The van der Waals surface area contributed by atoms with Crippen LogP contribution < -0.4 is 9.04 Å². The Balaban J connectivity index is 1.60. The van der Waals surface area contributed by atoms with E-state index >= 15 is 0 Å². The van der Waals surface area contributed by atoms with Crippen LogP contribution in [0.4, 0.5) is 5.69 Å². The first kappa shape index (κ1) is 24.4. The molecule has 1 aromatic carbocycles. The lowest BCUT2D eigenvalue weighted by Gasteiger charge is -2.36. The number of nitrogens with zero attached hydrogens (tertiary/aromatic N) is 4. The molecule has 0 fully saturated rings. The number of carbonyl (C=O) groups excluding carboxylic acids is 1. The van der Waals surface area contributed by atoms with Gasteiger partial charge in [0.1, 0.15) is 12.3 Å². The van der Waals surface area contributed by atoms with Gasteiger partial charge in [-0.2, -0.15) is 5.10 Å². The topological polar surface area (TPSA) is 110 Å². The van der Waals surface area contributed by atoms with Crippen LogP contribution in [0.15, 0.2) is 47.2 Å². The molecule has 3 aromatic rings. The number of hydrogen-bond donors (Lipinski definition) is 0. The highest BCUT2D eigenvalue weighted by Gasteiger charge is 2.31. The largest absolute Gasteiger partial charge is 0.755 e. The number of pyridine rings is 1. The minimum Gasteiger partial charge on any atom is -0.755 e. The van der Waals surface area contributed by atoms with Crippen LogP contribution >= 0.6 is 15.9 Å². The van der Waals surface area contributed by atoms with Gasteiger partial charge in [-0.15, -0.1) is 0 Å². The molecule has 0 bridgehead atoms. The summed E-state index contributed by atoms with van der Waals surface area (Å²) in [5, 5.41) is 4.33. The third-order valence-electron chi connectivity index (χ3n) is 5.54. The smallest absolute Gasteiger partial charge is 0.327 e. The van der Waals surface area contributed by atoms with Crippen molar-refractivity contribution in [3.63, 3.8) is 0 Å². The minimum atomic E-state index is -2.57. The maximum atomic E-state index is 12.3. The highest BCUT2D eigenvalue weighted by atomic mass is 79.9. The number of fused-ring (bicyclic) bond motifs is 1. The number of ether oxygens (including phenoxy) is 2. The van der Waals surface area contributed by atoms with E-state index in [0.717, 1.165) is 23.2 Å². The third kappa shape index (κ3) is 5.31. The fourth-order valence-corrected chi connectivity index (χ4v) is 5.12. The van der Waals surface area contributed by atoms with Gasteiger partial charge in [0.2, 0.25) is 5.88 Å². The summed E-state index contributed by atoms with van der Waals surface area (Å²) in [4.78, 5) is 16.3. The molecule has 0 radical (unpaired) electrons. The number of hydrogen-bond acceptors (Lipinski definition) is 7. The molecule has 11 heteroatoms. The summed E-state index contributed by atoms with van der Waals surface area (Å²) in [5.41, 5.74) is 3.12. The predicted molar refractivity (Wildman–Crippen MR) is 129 cm³/mol. The van der Waals surface area contributed by atoms with E-state index in [9.17, 15) is 13.6 Å². The van der Waals surface area contributed by atoms with Crippen molar-refractivity contribution in [3.05, 3.63) is 64.0 Å². The number of rotatable bonds is 8. The Labute approximate surface area is 208 Å². The normalized spacial score (nSPS) is 15.9. The summed E-state index contributed by atoms with van der Waals surface area (Å²) in [5.74, 6) is 0.578. The lowest BCUT2D eigenvalue weighted by atomic mass is 9.92. The number of carbonyl (C=O) groups is 1. The van der Waals surface area contributed by atoms with Crippen molar-refractivity contribution in [2.45, 2.75) is 45.7 Å². The van der Waals surface area contributed by atoms with Crippen LogP contribution in [-0.4, -0.2) is 36.1 Å². The molecule has 34 heavy (non-hydrogen) atoms. The van der Waals surface area contributed by atoms with Gasteiger partial charge < -0.3 is 14.0 Å². The molecule has 0 saturated heterocycles. The Kier molecular flexibility index (Phi) is 7.64. The van der Waals surface area contributed by atoms with Gasteiger partial charge in [-0.3, -0.25) is 18.0 Å². The van der Waals surface area contributed by atoms with E-state index in [0.29, 0.717) is 41.2 Å². The van der Waals surface area contributed by atoms with E-state index < -0.39 is 17.3 Å². The van der Waals surface area contributed by atoms with Gasteiger partial charge in [0.15, 0.2) is 0 Å². The Morgan fingerprint density at radius 2 is 2.09 bits per heavy atom. The maximum Gasteiger partial charge on any atom is 0.327 e. The van der Waals surface area contributed by atoms with E-state index in [1.165, 1.54) is 10.5 Å². The summed E-state index contributed by atoms with van der Waals surface area (Å²) in [6, 6.07) is 8.76. The van der Waals surface area contributed by atoms with Gasteiger partial charge in [0.25, 0.3) is 0 Å². The van der Waals surface area contributed by atoms with Gasteiger partial charge in [0.05, 0.1) is 35.2 Å². The molecular weight excluding hydrogens is 524 g/mol. The first-order valence-electron chi connectivity index (χ1n) is 10.9. The lowest BCUT2D eigenvalue weighted by molar-refractivity contribution is -0.144. The maximum absolute atomic E-state index is 12.3. The van der Waals surface area contributed by atoms with Crippen molar-refractivity contribution in [1.29, 1.82) is 0 Å². The number of aromatic nitrogens is 3. The number of aryl methyl sites for hydroxylation is 1. The molecule has 0 aliphatic heterocycles. The van der Waals surface area contributed by atoms with Gasteiger partial charge in [-0.05, 0) is 67.2 Å². The zero-order valence-corrected chi connectivity index (χ0v) is 21.2. The Bertz CT molecular complexity index is 1200. The predicted octanol–water partition coefficient (Wildman–Crippen LogP) is 4.38. The molecule has 2 heterocycles. The number of esters is 1. The highest BCUT2D eigenvalue weighted by Crippen LogP contribution is 2.39. The first-order chi connectivity index (χ1) is 16.4. The molecule has 0 N–H and O–H groups in total. The second-order valence-electron chi connectivity index (χ2n) is 7.86. The van der Waals surface area contributed by atoms with Crippen molar-refractivity contribution >= 4 is 38.9 Å². The lowest BCUT2D eigenvalue weighted by Crippen LogP contribution is -2.33. The molecule has 9 nitrogen and oxygen atoms in total. The van der Waals surface area contributed by atoms with Crippen LogP contribution in [0.3, 0.4) is 0 Å². The number of benzene rings is 1. The molecule has 1 aliphatic rings. The third-order valence-corrected chi connectivity index (χ3v) is 6.90. The minimum absolute atomic E-state index is 0.00545. The summed E-state index contributed by atoms with van der Waals surface area (Å²) < 4.78 is 39.0. The molecule has 0 saturated carbocycles. The van der Waals surface area contributed by atoms with Crippen molar-refractivity contribution in [2.75, 3.05) is 10.9 Å². The van der Waals surface area contributed by atoms with E-state index in [1.54, 1.807) is 23.9 Å². The molecule has 0 amide bonds. The van der Waals surface area contributed by atoms with Crippen LogP contribution in [0.2, 0.25) is 0 Å². The average molecular weight is 548 g/mol. The molecule has 0 spiro atoms. The van der Waals surface area contributed by atoms with Crippen LogP contribution in [-0.2, 0) is 33.8 Å². The second kappa shape index (κ2) is 10.7. The molecule has 1 aliphatic carbocycles. The van der Waals surface area contributed by atoms with Crippen LogP contribution in [0.1, 0.15) is 42.6 Å². The molecular formula is C23H24BrN4O5S-. The summed E-state index contributed by atoms with van der Waals surface area (Å²) in [6.07, 6.45) is 5.18. The molecule has 2 atom stereocenters. The summed E-state index contributed by atoms with van der Waals surface area (Å²) in [7, 11) is 0. The standard InChI is InChI=1S/C23H25BrN4O5S/c1-3-32-22(29)14-27-20-5-4-6-21(18(20)13-26-27)28(34(30)31)16-11-19(24)23(25-12-16)33-17-9-7-15(2)8-10-17/h7-13,21H,3-6,14H2,1-2H3,(H,30,31)/p-1. The molecule has 4 rings (SSSR count). The van der Waals surface area contributed by atoms with E-state index in [-0.39, 0.29) is 12.5 Å². The summed E-state index contributed by atoms with van der Waals surface area (Å²) in [6.45, 7) is 4.02. The monoisotopic (exact) mass is 547 g/mol. The molecule has 2 unspecified atom stereocenters. The van der Waals surface area contributed by atoms with Gasteiger partial charge in [-0.25, -0.2) is 4.98 Å². The van der Waals surface area contributed by atoms with Crippen LogP contribution in [0.5, 0.6) is 11.6 Å². The SMILES string of the molecule is CCOC(=O)Cn1ncc2c1CCCC2N(c1cnc(Oc2ccc(C)cc2)c(Br)c1)S(=O)[O-].